The van der Waals surface area contributed by atoms with Crippen molar-refractivity contribution in [1.29, 1.82) is 0 Å². The molecule has 0 saturated carbocycles. The summed E-state index contributed by atoms with van der Waals surface area (Å²) < 4.78 is 9.97. The molecule has 0 spiro atoms. The number of carbonyl (C=O) groups excluding carboxylic acids is 1. The largest absolute Gasteiger partial charge is 0.478 e. The SMILES string of the molecule is COCc1ccccc1NC(=O)c1cc(C(=O)O)co1. The van der Waals surface area contributed by atoms with Gasteiger partial charge in [0.15, 0.2) is 5.76 Å². The summed E-state index contributed by atoms with van der Waals surface area (Å²) in [5.41, 5.74) is 1.33. The number of hydrogen-bond acceptors (Lipinski definition) is 4. The quantitative estimate of drug-likeness (QED) is 0.874. The first kappa shape index (κ1) is 13.8. The molecule has 0 aliphatic heterocycles. The maximum atomic E-state index is 12.0. The predicted octanol–water partition coefficient (Wildman–Crippen LogP) is 2.38. The highest BCUT2D eigenvalue weighted by molar-refractivity contribution is 6.04. The van der Waals surface area contributed by atoms with Gasteiger partial charge in [-0.05, 0) is 6.07 Å². The molecule has 0 fully saturated rings. The third-order valence-electron chi connectivity index (χ3n) is 2.64. The molecule has 6 heteroatoms. The number of carbonyl (C=O) groups is 2. The molecule has 0 unspecified atom stereocenters. The van der Waals surface area contributed by atoms with E-state index in [1.165, 1.54) is 6.07 Å². The van der Waals surface area contributed by atoms with Gasteiger partial charge < -0.3 is 19.6 Å². The molecule has 1 amide bonds. The molecule has 0 aliphatic carbocycles. The van der Waals surface area contributed by atoms with Crippen molar-refractivity contribution < 1.29 is 23.8 Å². The van der Waals surface area contributed by atoms with E-state index in [0.29, 0.717) is 12.3 Å². The number of methoxy groups -OCH3 is 1. The fourth-order valence-electron chi connectivity index (χ4n) is 1.67. The smallest absolute Gasteiger partial charge is 0.338 e. The van der Waals surface area contributed by atoms with Crippen molar-refractivity contribution in [3.8, 4) is 0 Å². The standard InChI is InChI=1S/C14H13NO5/c1-19-7-9-4-2-3-5-11(9)15-13(16)12-6-10(8-20-12)14(17)18/h2-6,8H,7H2,1H3,(H,15,16)(H,17,18). The molecular weight excluding hydrogens is 262 g/mol. The molecule has 0 atom stereocenters. The summed E-state index contributed by atoms with van der Waals surface area (Å²) in [6, 6.07) is 8.34. The van der Waals surface area contributed by atoms with E-state index in [2.05, 4.69) is 5.32 Å². The minimum atomic E-state index is -1.15. The summed E-state index contributed by atoms with van der Waals surface area (Å²) in [6.45, 7) is 0.356. The van der Waals surface area contributed by atoms with Crippen molar-refractivity contribution in [2.45, 2.75) is 6.61 Å². The van der Waals surface area contributed by atoms with Crippen LogP contribution in [0.15, 0.2) is 41.0 Å². The zero-order valence-corrected chi connectivity index (χ0v) is 10.8. The van der Waals surface area contributed by atoms with Crippen LogP contribution in [0.1, 0.15) is 26.5 Å². The highest BCUT2D eigenvalue weighted by atomic mass is 16.5. The normalized spacial score (nSPS) is 10.2. The van der Waals surface area contributed by atoms with E-state index in [1.54, 1.807) is 19.2 Å². The van der Waals surface area contributed by atoms with Crippen LogP contribution >= 0.6 is 0 Å². The van der Waals surface area contributed by atoms with Gasteiger partial charge in [0.05, 0.1) is 12.2 Å². The third kappa shape index (κ3) is 3.04. The van der Waals surface area contributed by atoms with Gasteiger partial charge in [0, 0.05) is 24.4 Å². The number of rotatable bonds is 5. The fourth-order valence-corrected chi connectivity index (χ4v) is 1.67. The number of carboxylic acids is 1. The highest BCUT2D eigenvalue weighted by Gasteiger charge is 2.15. The second-order valence-corrected chi connectivity index (χ2v) is 4.05. The van der Waals surface area contributed by atoms with Gasteiger partial charge in [-0.1, -0.05) is 18.2 Å². The Kier molecular flexibility index (Phi) is 4.17. The first-order chi connectivity index (χ1) is 9.61. The van der Waals surface area contributed by atoms with E-state index in [1.807, 2.05) is 12.1 Å². The number of ether oxygens (including phenoxy) is 1. The summed E-state index contributed by atoms with van der Waals surface area (Å²) in [6.07, 6.45) is 1.03. The van der Waals surface area contributed by atoms with E-state index < -0.39 is 11.9 Å². The van der Waals surface area contributed by atoms with Crippen LogP contribution in [-0.4, -0.2) is 24.1 Å². The lowest BCUT2D eigenvalue weighted by Crippen LogP contribution is -2.12. The summed E-state index contributed by atoms with van der Waals surface area (Å²) in [4.78, 5) is 22.7. The third-order valence-corrected chi connectivity index (χ3v) is 2.64. The second kappa shape index (κ2) is 6.03. The van der Waals surface area contributed by atoms with Gasteiger partial charge in [-0.15, -0.1) is 0 Å². The van der Waals surface area contributed by atoms with E-state index in [9.17, 15) is 9.59 Å². The molecule has 1 aromatic heterocycles. The molecule has 2 N–H and O–H groups in total. The topological polar surface area (TPSA) is 88.8 Å². The Morgan fingerprint density at radius 3 is 2.75 bits per heavy atom. The van der Waals surface area contributed by atoms with Crippen molar-refractivity contribution in [2.24, 2.45) is 0 Å². The molecule has 2 aromatic rings. The molecule has 1 aromatic carbocycles. The first-order valence-electron chi connectivity index (χ1n) is 5.82. The van der Waals surface area contributed by atoms with Gasteiger partial charge in [-0.2, -0.15) is 0 Å². The summed E-state index contributed by atoms with van der Waals surface area (Å²) in [7, 11) is 1.56. The van der Waals surface area contributed by atoms with Crippen LogP contribution in [0.4, 0.5) is 5.69 Å². The average Bonchev–Trinajstić information content (AvgIpc) is 2.91. The van der Waals surface area contributed by atoms with Crippen LogP contribution in [0, 0.1) is 0 Å². The van der Waals surface area contributed by atoms with E-state index in [-0.39, 0.29) is 11.3 Å². The van der Waals surface area contributed by atoms with Crippen LogP contribution in [0.3, 0.4) is 0 Å². The number of hydrogen-bond donors (Lipinski definition) is 2. The second-order valence-electron chi connectivity index (χ2n) is 4.05. The summed E-state index contributed by atoms with van der Waals surface area (Å²) in [5, 5.41) is 11.4. The number of para-hydroxylation sites is 1. The Balaban J connectivity index is 2.16. The number of carboxylic acid groups (broad SMARTS) is 1. The maximum absolute atomic E-state index is 12.0. The Morgan fingerprint density at radius 2 is 2.10 bits per heavy atom. The number of nitrogens with one attached hydrogen (secondary N) is 1. The Morgan fingerprint density at radius 1 is 1.35 bits per heavy atom. The Labute approximate surface area is 115 Å². The zero-order chi connectivity index (χ0) is 14.5. The van der Waals surface area contributed by atoms with Crippen molar-refractivity contribution in [1.82, 2.24) is 0 Å². The van der Waals surface area contributed by atoms with Crippen molar-refractivity contribution in [2.75, 3.05) is 12.4 Å². The van der Waals surface area contributed by atoms with E-state index in [0.717, 1.165) is 11.8 Å². The molecule has 0 radical (unpaired) electrons. The van der Waals surface area contributed by atoms with Gasteiger partial charge in [0.25, 0.3) is 5.91 Å². The van der Waals surface area contributed by atoms with Crippen LogP contribution in [0.25, 0.3) is 0 Å². The van der Waals surface area contributed by atoms with Crippen molar-refractivity contribution >= 4 is 17.6 Å². The first-order valence-corrected chi connectivity index (χ1v) is 5.82. The van der Waals surface area contributed by atoms with Gasteiger partial charge in [0.1, 0.15) is 6.26 Å². The molecule has 1 heterocycles. The Bertz CT molecular complexity index is 632. The Hall–Kier alpha value is -2.60. The lowest BCUT2D eigenvalue weighted by molar-refractivity contribution is 0.0696. The van der Waals surface area contributed by atoms with Gasteiger partial charge in [0.2, 0.25) is 0 Å². The van der Waals surface area contributed by atoms with Crippen LogP contribution in [0.2, 0.25) is 0 Å². The number of amides is 1. The van der Waals surface area contributed by atoms with Gasteiger partial charge >= 0.3 is 5.97 Å². The highest BCUT2D eigenvalue weighted by Crippen LogP contribution is 2.17. The van der Waals surface area contributed by atoms with Gasteiger partial charge in [-0.3, -0.25) is 4.79 Å². The molecule has 20 heavy (non-hydrogen) atoms. The predicted molar refractivity (Wildman–Crippen MR) is 70.8 cm³/mol. The average molecular weight is 275 g/mol. The van der Waals surface area contributed by atoms with Crippen LogP contribution in [-0.2, 0) is 11.3 Å². The number of benzene rings is 1. The van der Waals surface area contributed by atoms with Gasteiger partial charge in [-0.25, -0.2) is 4.79 Å². The van der Waals surface area contributed by atoms with E-state index in [4.69, 9.17) is 14.3 Å². The monoisotopic (exact) mass is 275 g/mol. The maximum Gasteiger partial charge on any atom is 0.338 e. The molecular formula is C14H13NO5. The summed E-state index contributed by atoms with van der Waals surface area (Å²) in [5.74, 6) is -1.72. The molecule has 0 bridgehead atoms. The van der Waals surface area contributed by atoms with Crippen LogP contribution in [0.5, 0.6) is 0 Å². The van der Waals surface area contributed by atoms with Crippen molar-refractivity contribution in [3.63, 3.8) is 0 Å². The molecule has 104 valence electrons. The van der Waals surface area contributed by atoms with Crippen LogP contribution < -0.4 is 5.32 Å². The minimum absolute atomic E-state index is 0.0605. The lowest BCUT2D eigenvalue weighted by Gasteiger charge is -2.09. The zero-order valence-electron chi connectivity index (χ0n) is 10.8. The summed E-state index contributed by atoms with van der Waals surface area (Å²) >= 11 is 0. The molecule has 0 aliphatic rings. The molecule has 0 saturated heterocycles. The lowest BCUT2D eigenvalue weighted by atomic mass is 10.2. The fraction of sp³-hybridized carbons (Fsp3) is 0.143. The van der Waals surface area contributed by atoms with E-state index >= 15 is 0 Å². The number of furan rings is 1. The molecule has 2 rings (SSSR count). The number of anilines is 1. The minimum Gasteiger partial charge on any atom is -0.478 e. The number of aromatic carboxylic acids is 1. The molecule has 6 nitrogen and oxygen atoms in total. The van der Waals surface area contributed by atoms with Crippen molar-refractivity contribution in [3.05, 3.63) is 53.5 Å².